The Morgan fingerprint density at radius 3 is 2.67 bits per heavy atom. The van der Waals surface area contributed by atoms with Crippen molar-refractivity contribution in [2.75, 3.05) is 19.7 Å². The van der Waals surface area contributed by atoms with Gasteiger partial charge in [0, 0.05) is 19.1 Å². The Kier molecular flexibility index (Phi) is 2.05. The maximum absolute atomic E-state index is 8.89. The summed E-state index contributed by atoms with van der Waals surface area (Å²) < 4.78 is 0. The highest BCUT2D eigenvalue weighted by Crippen LogP contribution is 2.15. The molecule has 0 radical (unpaired) electrons. The smallest absolute Gasteiger partial charge is 0.0897 e. The van der Waals surface area contributed by atoms with E-state index in [0.29, 0.717) is 12.6 Å². The molecule has 9 heavy (non-hydrogen) atoms. The molecule has 3 unspecified atom stereocenters. The van der Waals surface area contributed by atoms with E-state index in [1.165, 1.54) is 0 Å². The van der Waals surface area contributed by atoms with Crippen molar-refractivity contribution in [3.8, 4) is 0 Å². The lowest BCUT2D eigenvalue weighted by molar-refractivity contribution is 0.0815. The third-order valence-electron chi connectivity index (χ3n) is 1.64. The molecule has 1 saturated heterocycles. The van der Waals surface area contributed by atoms with Gasteiger partial charge in [0.15, 0.2) is 0 Å². The van der Waals surface area contributed by atoms with Gasteiger partial charge in [0.05, 0.1) is 12.7 Å². The van der Waals surface area contributed by atoms with Gasteiger partial charge in [-0.1, -0.05) is 0 Å². The Bertz CT molecular complexity index is 95.1. The average molecular weight is 131 g/mol. The SMILES string of the molecule is CC1CN1CC(O)CO. The first-order valence-electron chi connectivity index (χ1n) is 3.27. The van der Waals surface area contributed by atoms with Crippen LogP contribution in [0, 0.1) is 0 Å². The molecule has 0 aromatic rings. The van der Waals surface area contributed by atoms with Crippen LogP contribution in [-0.4, -0.2) is 47.0 Å². The Morgan fingerprint density at radius 1 is 1.78 bits per heavy atom. The van der Waals surface area contributed by atoms with Crippen molar-refractivity contribution in [1.29, 1.82) is 0 Å². The first kappa shape index (κ1) is 6.99. The Hall–Kier alpha value is -0.120. The van der Waals surface area contributed by atoms with Crippen molar-refractivity contribution in [2.45, 2.75) is 19.1 Å². The third-order valence-corrected chi connectivity index (χ3v) is 1.64. The minimum atomic E-state index is -0.546. The van der Waals surface area contributed by atoms with E-state index in [4.69, 9.17) is 10.2 Å². The second-order valence-corrected chi connectivity index (χ2v) is 2.64. The maximum atomic E-state index is 8.89. The molecule has 2 N–H and O–H groups in total. The van der Waals surface area contributed by atoms with E-state index in [1.54, 1.807) is 0 Å². The molecular formula is C6H13NO2. The lowest BCUT2D eigenvalue weighted by Gasteiger charge is -2.06. The molecule has 1 aliphatic heterocycles. The molecular weight excluding hydrogens is 118 g/mol. The molecule has 0 aromatic carbocycles. The van der Waals surface area contributed by atoms with Crippen LogP contribution in [0.25, 0.3) is 0 Å². The Labute approximate surface area is 54.9 Å². The van der Waals surface area contributed by atoms with Gasteiger partial charge < -0.3 is 10.2 Å². The van der Waals surface area contributed by atoms with Gasteiger partial charge in [-0.15, -0.1) is 0 Å². The van der Waals surface area contributed by atoms with E-state index in [-0.39, 0.29) is 6.61 Å². The van der Waals surface area contributed by atoms with Crippen molar-refractivity contribution in [3.05, 3.63) is 0 Å². The van der Waals surface area contributed by atoms with Crippen LogP contribution in [0.1, 0.15) is 6.92 Å². The van der Waals surface area contributed by atoms with Gasteiger partial charge in [0.1, 0.15) is 0 Å². The van der Waals surface area contributed by atoms with E-state index in [0.717, 1.165) is 6.54 Å². The van der Waals surface area contributed by atoms with Gasteiger partial charge in [-0.05, 0) is 6.92 Å². The zero-order chi connectivity index (χ0) is 6.85. The largest absolute Gasteiger partial charge is 0.394 e. The van der Waals surface area contributed by atoms with Crippen molar-refractivity contribution < 1.29 is 10.2 Å². The number of nitrogens with zero attached hydrogens (tertiary/aromatic N) is 1. The van der Waals surface area contributed by atoms with E-state index < -0.39 is 6.10 Å². The zero-order valence-corrected chi connectivity index (χ0v) is 5.62. The predicted octanol–water partition coefficient (Wildman–Crippen LogP) is -0.956. The fraction of sp³-hybridized carbons (Fsp3) is 1.00. The molecule has 0 aromatic heterocycles. The Balaban J connectivity index is 2.05. The average Bonchev–Trinajstić information content (AvgIpc) is 2.47. The minimum absolute atomic E-state index is 0.122. The highest BCUT2D eigenvalue weighted by molar-refractivity contribution is 4.85. The van der Waals surface area contributed by atoms with Crippen molar-refractivity contribution in [3.63, 3.8) is 0 Å². The van der Waals surface area contributed by atoms with Crippen LogP contribution in [0.5, 0.6) is 0 Å². The normalized spacial score (nSPS) is 36.3. The van der Waals surface area contributed by atoms with Crippen LogP contribution < -0.4 is 0 Å². The van der Waals surface area contributed by atoms with Gasteiger partial charge in [-0.3, -0.25) is 4.90 Å². The van der Waals surface area contributed by atoms with Crippen molar-refractivity contribution in [1.82, 2.24) is 4.90 Å². The number of hydrogen-bond donors (Lipinski definition) is 2. The summed E-state index contributed by atoms with van der Waals surface area (Å²) in [5.74, 6) is 0. The number of rotatable bonds is 3. The molecule has 3 nitrogen and oxygen atoms in total. The molecule has 1 fully saturated rings. The number of hydrogen-bond acceptors (Lipinski definition) is 3. The summed E-state index contributed by atoms with van der Waals surface area (Å²) >= 11 is 0. The first-order chi connectivity index (χ1) is 4.24. The summed E-state index contributed by atoms with van der Waals surface area (Å²) in [5.41, 5.74) is 0. The lowest BCUT2D eigenvalue weighted by Crippen LogP contribution is -2.23. The fourth-order valence-corrected chi connectivity index (χ4v) is 0.875. The monoisotopic (exact) mass is 131 g/mol. The Morgan fingerprint density at radius 2 is 2.33 bits per heavy atom. The van der Waals surface area contributed by atoms with Crippen LogP contribution in [0.4, 0.5) is 0 Å². The van der Waals surface area contributed by atoms with E-state index in [1.807, 2.05) is 0 Å². The topological polar surface area (TPSA) is 43.5 Å². The molecule has 0 spiro atoms. The van der Waals surface area contributed by atoms with Gasteiger partial charge in [-0.25, -0.2) is 0 Å². The molecule has 3 atom stereocenters. The molecule has 0 amide bonds. The standard InChI is InChI=1S/C6H13NO2/c1-5-2-7(5)3-6(9)4-8/h5-6,8-9H,2-4H2,1H3. The van der Waals surface area contributed by atoms with Crippen LogP contribution >= 0.6 is 0 Å². The quantitative estimate of drug-likeness (QED) is 0.485. The second-order valence-electron chi connectivity index (χ2n) is 2.64. The summed E-state index contributed by atoms with van der Waals surface area (Å²) in [6, 6.07) is 0.617. The summed E-state index contributed by atoms with van der Waals surface area (Å²) in [4.78, 5) is 2.11. The van der Waals surface area contributed by atoms with E-state index in [2.05, 4.69) is 11.8 Å². The molecule has 54 valence electrons. The lowest BCUT2D eigenvalue weighted by atomic mass is 10.4. The van der Waals surface area contributed by atoms with Crippen LogP contribution in [-0.2, 0) is 0 Å². The molecule has 0 aliphatic carbocycles. The highest BCUT2D eigenvalue weighted by Gasteiger charge is 2.29. The van der Waals surface area contributed by atoms with Gasteiger partial charge in [-0.2, -0.15) is 0 Å². The van der Waals surface area contributed by atoms with E-state index >= 15 is 0 Å². The first-order valence-corrected chi connectivity index (χ1v) is 3.27. The molecule has 0 bridgehead atoms. The van der Waals surface area contributed by atoms with Crippen molar-refractivity contribution >= 4 is 0 Å². The summed E-state index contributed by atoms with van der Waals surface area (Å²) in [5, 5.41) is 17.3. The number of aliphatic hydroxyl groups excluding tert-OH is 2. The van der Waals surface area contributed by atoms with Crippen molar-refractivity contribution in [2.24, 2.45) is 0 Å². The predicted molar refractivity (Wildman–Crippen MR) is 34.1 cm³/mol. The summed E-state index contributed by atoms with van der Waals surface area (Å²) in [6.07, 6.45) is -0.546. The fourth-order valence-electron chi connectivity index (χ4n) is 0.875. The summed E-state index contributed by atoms with van der Waals surface area (Å²) in [7, 11) is 0. The second kappa shape index (κ2) is 2.64. The number of aliphatic hydroxyl groups is 2. The van der Waals surface area contributed by atoms with Gasteiger partial charge >= 0.3 is 0 Å². The van der Waals surface area contributed by atoms with Crippen LogP contribution in [0.3, 0.4) is 0 Å². The highest BCUT2D eigenvalue weighted by atomic mass is 16.3. The molecule has 1 heterocycles. The van der Waals surface area contributed by atoms with Crippen LogP contribution in [0.2, 0.25) is 0 Å². The molecule has 1 aliphatic rings. The van der Waals surface area contributed by atoms with Crippen LogP contribution in [0.15, 0.2) is 0 Å². The maximum Gasteiger partial charge on any atom is 0.0897 e. The number of β-amino-alcohol motifs (C(OH)–C–C–N with tert-alkyl or cyclic N) is 1. The minimum Gasteiger partial charge on any atom is -0.394 e. The van der Waals surface area contributed by atoms with E-state index in [9.17, 15) is 0 Å². The molecule has 3 heteroatoms. The zero-order valence-electron chi connectivity index (χ0n) is 5.62. The van der Waals surface area contributed by atoms with Gasteiger partial charge in [0.2, 0.25) is 0 Å². The third kappa shape index (κ3) is 1.93. The van der Waals surface area contributed by atoms with Gasteiger partial charge in [0.25, 0.3) is 0 Å². The molecule has 1 rings (SSSR count). The summed E-state index contributed by atoms with van der Waals surface area (Å²) in [6.45, 7) is 3.67. The molecule has 0 saturated carbocycles.